The average molecular weight is 574 g/mol. The van der Waals surface area contributed by atoms with Crippen molar-refractivity contribution >= 4 is 6.79 Å². The lowest BCUT2D eigenvalue weighted by atomic mass is 9.94. The summed E-state index contributed by atoms with van der Waals surface area (Å²) in [6.45, 7) is 0.180. The zero-order chi connectivity index (χ0) is 29.4. The maximum absolute atomic E-state index is 11.2. The Bertz CT molecular complexity index is 715. The highest BCUT2D eigenvalue weighted by Crippen LogP contribution is 2.32. The standard InChI is InChI=1S/C21H41N3O13.CH2O/c1-22-10-15(30)17(8(5-26)33-19(10)32)36-21-12(24-3)16(31)18(9(6-27)35-21)37-20-11(23-2)14(29)13(28)7(4-25)34-20;1-2/h7-32H,4-6H2,1-3H3;1H2/t7?,8?,9?,10?,11?,12?,13-,14-,15-,16-,17-,18-,19-,20+,21+;/m1./s1. The number of likely N-dealkylation sites (N-methyl/N-ethyl adjacent to an activating group) is 3. The molecule has 0 amide bonds. The fourth-order valence-electron chi connectivity index (χ4n) is 5.04. The minimum atomic E-state index is -1.41. The zero-order valence-corrected chi connectivity index (χ0v) is 22.0. The molecule has 3 heterocycles. The summed E-state index contributed by atoms with van der Waals surface area (Å²) in [4.78, 5) is 8.00. The maximum atomic E-state index is 11.2. The normalized spacial score (nSPS) is 46.8. The van der Waals surface area contributed by atoms with Gasteiger partial charge in [0.25, 0.3) is 0 Å². The molecule has 0 aliphatic carbocycles. The summed E-state index contributed by atoms with van der Waals surface area (Å²) in [5.41, 5.74) is 0. The van der Waals surface area contributed by atoms with Crippen LogP contribution in [0.2, 0.25) is 0 Å². The van der Waals surface area contributed by atoms with E-state index >= 15 is 0 Å². The van der Waals surface area contributed by atoms with Crippen LogP contribution >= 0.6 is 0 Å². The molecule has 0 aromatic heterocycles. The Kier molecular flexibility index (Phi) is 13.9. The summed E-state index contributed by atoms with van der Waals surface area (Å²) in [5, 5.41) is 90.3. The van der Waals surface area contributed by atoms with E-state index in [0.717, 1.165) is 0 Å². The molecule has 3 aliphatic rings. The third kappa shape index (κ3) is 7.28. The molecule has 39 heavy (non-hydrogen) atoms. The minimum absolute atomic E-state index is 0.589. The summed E-state index contributed by atoms with van der Waals surface area (Å²) in [6.07, 6.45) is -15.3. The highest BCUT2D eigenvalue weighted by atomic mass is 16.7. The van der Waals surface area contributed by atoms with Crippen LogP contribution in [0.1, 0.15) is 0 Å². The van der Waals surface area contributed by atoms with Gasteiger partial charge in [-0.05, 0) is 21.1 Å². The lowest BCUT2D eigenvalue weighted by Crippen LogP contribution is -2.70. The van der Waals surface area contributed by atoms with Gasteiger partial charge in [-0.1, -0.05) is 0 Å². The van der Waals surface area contributed by atoms with E-state index in [0.29, 0.717) is 0 Å². The van der Waals surface area contributed by atoms with Gasteiger partial charge in [-0.2, -0.15) is 0 Å². The van der Waals surface area contributed by atoms with E-state index in [-0.39, 0.29) is 0 Å². The minimum Gasteiger partial charge on any atom is -0.394 e. The van der Waals surface area contributed by atoms with Gasteiger partial charge >= 0.3 is 0 Å². The van der Waals surface area contributed by atoms with Gasteiger partial charge in [0, 0.05) is 0 Å². The van der Waals surface area contributed by atoms with E-state index in [9.17, 15) is 40.9 Å². The highest BCUT2D eigenvalue weighted by molar-refractivity contribution is 5.11. The second kappa shape index (κ2) is 15.9. The van der Waals surface area contributed by atoms with Crippen molar-refractivity contribution in [3.05, 3.63) is 0 Å². The van der Waals surface area contributed by atoms with E-state index in [2.05, 4.69) is 16.0 Å². The number of carbonyl (C=O) groups is 1. The van der Waals surface area contributed by atoms with Gasteiger partial charge in [0.05, 0.1) is 37.9 Å². The molecule has 17 heteroatoms. The molecule has 6 unspecified atom stereocenters. The van der Waals surface area contributed by atoms with E-state index in [4.69, 9.17) is 28.5 Å². The third-order valence-electron chi connectivity index (χ3n) is 7.19. The van der Waals surface area contributed by atoms with Gasteiger partial charge in [-0.15, -0.1) is 0 Å². The number of rotatable bonds is 10. The molecule has 15 atom stereocenters. The molecule has 3 rings (SSSR count). The monoisotopic (exact) mass is 573 g/mol. The first kappa shape index (κ1) is 34.2. The predicted octanol–water partition coefficient (Wildman–Crippen LogP) is -7.08. The Hall–Kier alpha value is -0.970. The molecule has 0 saturated carbocycles. The van der Waals surface area contributed by atoms with Gasteiger partial charge in [-0.25, -0.2) is 0 Å². The smallest absolute Gasteiger partial charge is 0.176 e. The van der Waals surface area contributed by atoms with Crippen LogP contribution in [-0.2, 0) is 28.5 Å². The fourth-order valence-corrected chi connectivity index (χ4v) is 5.04. The fraction of sp³-hybridized carbons (Fsp3) is 0.955. The predicted molar refractivity (Wildman–Crippen MR) is 129 cm³/mol. The van der Waals surface area contributed by atoms with Crippen LogP contribution in [0, 0.1) is 0 Å². The van der Waals surface area contributed by atoms with Crippen LogP contribution < -0.4 is 16.0 Å². The van der Waals surface area contributed by atoms with Gasteiger partial charge in [0.1, 0.15) is 61.7 Å². The lowest BCUT2D eigenvalue weighted by molar-refractivity contribution is -0.352. The highest BCUT2D eigenvalue weighted by Gasteiger charge is 2.53. The van der Waals surface area contributed by atoms with Gasteiger partial charge in [-0.3, -0.25) is 0 Å². The van der Waals surface area contributed by atoms with Crippen molar-refractivity contribution in [2.24, 2.45) is 0 Å². The average Bonchev–Trinajstić information content (AvgIpc) is 2.94. The van der Waals surface area contributed by atoms with E-state index in [1.807, 2.05) is 6.79 Å². The summed E-state index contributed by atoms with van der Waals surface area (Å²) < 4.78 is 28.7. The number of ether oxygens (including phenoxy) is 5. The van der Waals surface area contributed by atoms with Crippen molar-refractivity contribution < 1.29 is 69.3 Å². The molecule has 0 spiro atoms. The zero-order valence-electron chi connectivity index (χ0n) is 22.0. The first-order valence-electron chi connectivity index (χ1n) is 12.5. The van der Waals surface area contributed by atoms with Crippen LogP contribution in [-0.4, -0.2) is 181 Å². The summed E-state index contributed by atoms with van der Waals surface area (Å²) in [6, 6.07) is -2.88. The number of nitrogens with one attached hydrogen (secondary N) is 3. The van der Waals surface area contributed by atoms with Crippen molar-refractivity contribution in [2.45, 2.75) is 91.9 Å². The van der Waals surface area contributed by atoms with Crippen LogP contribution in [0.5, 0.6) is 0 Å². The Morgan fingerprint density at radius 2 is 0.974 bits per heavy atom. The van der Waals surface area contributed by atoms with Gasteiger partial charge in [0.2, 0.25) is 0 Å². The van der Waals surface area contributed by atoms with E-state index in [1.54, 1.807) is 0 Å². The molecule has 17 nitrogen and oxygen atoms in total. The molecule has 0 aromatic carbocycles. The number of hydrogen-bond donors (Lipinski definition) is 11. The van der Waals surface area contributed by atoms with Crippen molar-refractivity contribution in [2.75, 3.05) is 41.0 Å². The topological polar surface area (TPSA) is 261 Å². The van der Waals surface area contributed by atoms with Crippen molar-refractivity contribution in [3.8, 4) is 0 Å². The number of carbonyl (C=O) groups excluding carboxylic acids is 1. The SMILES string of the molecule is C=O.CNC1[C@H](O[C@@H]2C(CO)O[C@@H](O[C@@H]3C(CO)O[C@@H](O)C(NC)[C@H]3O)C(NC)[C@H]2O)OC(CO)[C@@H](O)[C@@H]1O. The lowest BCUT2D eigenvalue weighted by Gasteiger charge is -2.49. The maximum Gasteiger partial charge on any atom is 0.176 e. The van der Waals surface area contributed by atoms with E-state index < -0.39 is 112 Å². The first-order valence-corrected chi connectivity index (χ1v) is 12.5. The van der Waals surface area contributed by atoms with Gasteiger partial charge in [0.15, 0.2) is 18.9 Å². The number of hydrogen-bond acceptors (Lipinski definition) is 17. The van der Waals surface area contributed by atoms with Crippen LogP contribution in [0.4, 0.5) is 0 Å². The van der Waals surface area contributed by atoms with E-state index in [1.165, 1.54) is 21.1 Å². The molecule has 0 radical (unpaired) electrons. The molecule has 230 valence electrons. The Morgan fingerprint density at radius 3 is 1.41 bits per heavy atom. The molecule has 11 N–H and O–H groups in total. The molecule has 0 aromatic rings. The Morgan fingerprint density at radius 1 is 0.590 bits per heavy atom. The summed E-state index contributed by atoms with van der Waals surface area (Å²) in [5.74, 6) is 0. The molecule has 3 saturated heterocycles. The Labute approximate surface area is 225 Å². The number of aliphatic hydroxyl groups is 8. The van der Waals surface area contributed by atoms with Crippen LogP contribution in [0.15, 0.2) is 0 Å². The van der Waals surface area contributed by atoms with Crippen molar-refractivity contribution in [3.63, 3.8) is 0 Å². The van der Waals surface area contributed by atoms with Crippen molar-refractivity contribution in [1.82, 2.24) is 16.0 Å². The van der Waals surface area contributed by atoms with Crippen LogP contribution in [0.3, 0.4) is 0 Å². The third-order valence-corrected chi connectivity index (χ3v) is 7.19. The largest absolute Gasteiger partial charge is 0.394 e. The summed E-state index contributed by atoms with van der Waals surface area (Å²) >= 11 is 0. The molecular weight excluding hydrogens is 530 g/mol. The van der Waals surface area contributed by atoms with Crippen molar-refractivity contribution in [1.29, 1.82) is 0 Å². The second-order valence-corrected chi connectivity index (χ2v) is 9.31. The van der Waals surface area contributed by atoms with Crippen LogP contribution in [0.25, 0.3) is 0 Å². The molecule has 0 bridgehead atoms. The van der Waals surface area contributed by atoms with Gasteiger partial charge < -0.3 is 85.3 Å². The molecular formula is C22H43N3O14. The second-order valence-electron chi connectivity index (χ2n) is 9.31. The molecule has 3 aliphatic heterocycles. The quantitative estimate of drug-likeness (QED) is 0.116. The first-order chi connectivity index (χ1) is 18.7. The number of aliphatic hydroxyl groups excluding tert-OH is 8. The Balaban J connectivity index is 0.00000260. The summed E-state index contributed by atoms with van der Waals surface area (Å²) in [7, 11) is 4.51. The molecule has 3 fully saturated rings.